The van der Waals surface area contributed by atoms with E-state index in [4.69, 9.17) is 4.74 Å². The first-order chi connectivity index (χ1) is 15.6. The summed E-state index contributed by atoms with van der Waals surface area (Å²) in [7, 11) is 1.33. The summed E-state index contributed by atoms with van der Waals surface area (Å²) in [6.07, 6.45) is 0.833. The van der Waals surface area contributed by atoms with Crippen LogP contribution in [0.2, 0.25) is 0 Å². The molecule has 0 spiro atoms. The fourth-order valence-electron chi connectivity index (χ4n) is 3.76. The number of esters is 1. The van der Waals surface area contributed by atoms with E-state index in [9.17, 15) is 32.6 Å². The van der Waals surface area contributed by atoms with E-state index < -0.39 is 36.0 Å². The minimum atomic E-state index is -4.50. The number of alkyl halides is 4. The summed E-state index contributed by atoms with van der Waals surface area (Å²) in [6.45, 7) is -0.297. The van der Waals surface area contributed by atoms with Gasteiger partial charge in [0, 0.05) is 18.8 Å². The van der Waals surface area contributed by atoms with Gasteiger partial charge in [-0.1, -0.05) is 30.4 Å². The molecule has 1 aromatic carbocycles. The summed E-state index contributed by atoms with van der Waals surface area (Å²) in [5, 5.41) is 20.3. The molecule has 0 radical (unpaired) electrons. The van der Waals surface area contributed by atoms with Gasteiger partial charge in [-0.25, -0.2) is 4.39 Å². The highest BCUT2D eigenvalue weighted by Gasteiger charge is 2.40. The Morgan fingerprint density at radius 3 is 2.76 bits per heavy atom. The second kappa shape index (κ2) is 12.7. The molecule has 0 aliphatic heterocycles. The van der Waals surface area contributed by atoms with Gasteiger partial charge < -0.3 is 19.7 Å². The number of carbonyl (C=O) groups excluding carboxylic acids is 1. The van der Waals surface area contributed by atoms with Gasteiger partial charge in [-0.05, 0) is 43.4 Å². The molecule has 1 saturated carbocycles. The van der Waals surface area contributed by atoms with Gasteiger partial charge in [0.1, 0.15) is 24.6 Å². The zero-order valence-corrected chi connectivity index (χ0v) is 18.4. The average molecular weight is 474 g/mol. The smallest absolute Gasteiger partial charge is 0.416 e. The van der Waals surface area contributed by atoms with Gasteiger partial charge in [0.2, 0.25) is 0 Å². The molecule has 0 bridgehead atoms. The first-order valence-corrected chi connectivity index (χ1v) is 10.8. The van der Waals surface area contributed by atoms with Crippen molar-refractivity contribution in [2.75, 3.05) is 13.7 Å². The lowest BCUT2D eigenvalue weighted by molar-refractivity contribution is -0.140. The molecule has 0 heterocycles. The molecule has 1 aliphatic carbocycles. The fourth-order valence-corrected chi connectivity index (χ4v) is 3.76. The fraction of sp³-hybridized carbons (Fsp3) is 0.542. The molecule has 5 atom stereocenters. The highest BCUT2D eigenvalue weighted by Crippen LogP contribution is 2.38. The number of benzene rings is 1. The number of unbranched alkanes of at least 4 members (excludes halogenated alkanes) is 1. The molecule has 1 aromatic rings. The lowest BCUT2D eigenvalue weighted by Gasteiger charge is -2.19. The summed E-state index contributed by atoms with van der Waals surface area (Å²) in [5.74, 6) is -1.30. The van der Waals surface area contributed by atoms with Crippen LogP contribution in [0, 0.1) is 11.8 Å². The summed E-state index contributed by atoms with van der Waals surface area (Å²) < 4.78 is 62.5. The van der Waals surface area contributed by atoms with Crippen molar-refractivity contribution < 1.29 is 42.0 Å². The number of carbonyl (C=O) groups is 1. The summed E-state index contributed by atoms with van der Waals surface area (Å²) in [6, 6.07) is 4.32. The Morgan fingerprint density at radius 2 is 2.06 bits per heavy atom. The summed E-state index contributed by atoms with van der Waals surface area (Å²) in [5.41, 5.74) is -0.855. The second-order valence-electron chi connectivity index (χ2n) is 8.02. The molecular formula is C24H30F4O5. The molecule has 0 saturated heterocycles. The molecule has 1 fully saturated rings. The van der Waals surface area contributed by atoms with Gasteiger partial charge >= 0.3 is 12.1 Å². The number of rotatable bonds is 11. The highest BCUT2D eigenvalue weighted by atomic mass is 19.4. The van der Waals surface area contributed by atoms with Crippen molar-refractivity contribution in [3.63, 3.8) is 0 Å². The molecule has 5 unspecified atom stereocenters. The van der Waals surface area contributed by atoms with Crippen LogP contribution in [0.3, 0.4) is 0 Å². The van der Waals surface area contributed by atoms with Crippen molar-refractivity contribution in [1.29, 1.82) is 0 Å². The van der Waals surface area contributed by atoms with Crippen LogP contribution >= 0.6 is 0 Å². The molecule has 184 valence electrons. The number of hydrogen-bond donors (Lipinski definition) is 2. The standard InChI is InChI=1S/C24H30F4O5/c1-32-23(31)10-5-3-2-4-9-20-19(21(25)14-22(20)30)12-11-17(29)15-33-18-8-6-7-16(13-18)24(26,27)28/h2,4,6-8,11-13,17,19-22,29-30H,3,5,9-10,14-15H2,1H3/b4-2+,12-11+. The topological polar surface area (TPSA) is 76.0 Å². The van der Waals surface area contributed by atoms with Gasteiger partial charge in [0.25, 0.3) is 0 Å². The molecule has 0 aromatic heterocycles. The second-order valence-corrected chi connectivity index (χ2v) is 8.02. The first-order valence-electron chi connectivity index (χ1n) is 10.8. The third-order valence-corrected chi connectivity index (χ3v) is 5.56. The molecular weight excluding hydrogens is 444 g/mol. The minimum absolute atomic E-state index is 0.00726. The van der Waals surface area contributed by atoms with E-state index in [1.165, 1.54) is 31.4 Å². The Bertz CT molecular complexity index is 808. The van der Waals surface area contributed by atoms with Crippen molar-refractivity contribution in [2.45, 2.75) is 56.7 Å². The molecule has 33 heavy (non-hydrogen) atoms. The van der Waals surface area contributed by atoms with Crippen molar-refractivity contribution in [3.05, 3.63) is 54.1 Å². The maximum Gasteiger partial charge on any atom is 0.416 e. The number of hydrogen-bond acceptors (Lipinski definition) is 5. The van der Waals surface area contributed by atoms with E-state index in [-0.39, 0.29) is 30.7 Å². The van der Waals surface area contributed by atoms with Gasteiger partial charge in [-0.2, -0.15) is 13.2 Å². The zero-order chi connectivity index (χ0) is 24.4. The molecule has 2 rings (SSSR count). The van der Waals surface area contributed by atoms with Crippen molar-refractivity contribution in [3.8, 4) is 5.75 Å². The van der Waals surface area contributed by atoms with Gasteiger partial charge in [-0.3, -0.25) is 4.79 Å². The van der Waals surface area contributed by atoms with E-state index in [2.05, 4.69) is 4.74 Å². The Balaban J connectivity index is 1.86. The number of halogens is 4. The molecule has 9 heteroatoms. The Labute approximate surface area is 190 Å². The number of aliphatic hydroxyl groups is 2. The third-order valence-electron chi connectivity index (χ3n) is 5.56. The Morgan fingerprint density at radius 1 is 1.30 bits per heavy atom. The lowest BCUT2D eigenvalue weighted by atomic mass is 9.90. The van der Waals surface area contributed by atoms with E-state index in [0.717, 1.165) is 12.1 Å². The quantitative estimate of drug-likeness (QED) is 0.212. The maximum atomic E-state index is 14.4. The largest absolute Gasteiger partial charge is 0.491 e. The predicted octanol–water partition coefficient (Wildman–Crippen LogP) is 4.63. The highest BCUT2D eigenvalue weighted by molar-refractivity contribution is 5.69. The average Bonchev–Trinajstić information content (AvgIpc) is 3.04. The van der Waals surface area contributed by atoms with Crippen molar-refractivity contribution in [1.82, 2.24) is 0 Å². The first kappa shape index (κ1) is 26.9. The zero-order valence-electron chi connectivity index (χ0n) is 18.4. The van der Waals surface area contributed by atoms with Gasteiger partial charge in [0.05, 0.1) is 18.8 Å². The monoisotopic (exact) mass is 474 g/mol. The van der Waals surface area contributed by atoms with Crippen LogP contribution in [0.25, 0.3) is 0 Å². The van der Waals surface area contributed by atoms with Crippen LogP contribution in [0.15, 0.2) is 48.6 Å². The molecule has 2 N–H and O–H groups in total. The number of ether oxygens (including phenoxy) is 2. The van der Waals surface area contributed by atoms with Crippen LogP contribution in [-0.4, -0.2) is 48.3 Å². The molecule has 5 nitrogen and oxygen atoms in total. The summed E-state index contributed by atoms with van der Waals surface area (Å²) in [4.78, 5) is 11.1. The van der Waals surface area contributed by atoms with Gasteiger partial charge in [0.15, 0.2) is 0 Å². The van der Waals surface area contributed by atoms with Crippen molar-refractivity contribution >= 4 is 5.97 Å². The van der Waals surface area contributed by atoms with Crippen LogP contribution in [-0.2, 0) is 15.7 Å². The van der Waals surface area contributed by atoms with E-state index in [1.807, 2.05) is 12.2 Å². The Hall–Kier alpha value is -2.39. The summed E-state index contributed by atoms with van der Waals surface area (Å²) >= 11 is 0. The van der Waals surface area contributed by atoms with E-state index in [0.29, 0.717) is 25.7 Å². The van der Waals surface area contributed by atoms with E-state index >= 15 is 0 Å². The molecule has 1 aliphatic rings. The van der Waals surface area contributed by atoms with Crippen LogP contribution in [0.4, 0.5) is 17.6 Å². The number of methoxy groups -OCH3 is 1. The van der Waals surface area contributed by atoms with Gasteiger partial charge in [-0.15, -0.1) is 0 Å². The van der Waals surface area contributed by atoms with Crippen LogP contribution < -0.4 is 4.74 Å². The minimum Gasteiger partial charge on any atom is -0.491 e. The number of allylic oxidation sites excluding steroid dienone is 3. The van der Waals surface area contributed by atoms with Crippen molar-refractivity contribution in [2.24, 2.45) is 11.8 Å². The lowest BCUT2D eigenvalue weighted by Crippen LogP contribution is -2.20. The Kier molecular flexibility index (Phi) is 10.4. The van der Waals surface area contributed by atoms with E-state index in [1.54, 1.807) is 0 Å². The van der Waals surface area contributed by atoms with Crippen LogP contribution in [0.1, 0.15) is 37.7 Å². The SMILES string of the molecule is COC(=O)CCC/C=C/CC1C(O)CC(F)C1/C=C/C(O)COc1cccc(C(F)(F)F)c1. The van der Waals surface area contributed by atoms with Crippen LogP contribution in [0.5, 0.6) is 5.75 Å². The molecule has 0 amide bonds. The normalized spacial score (nSPS) is 24.5. The maximum absolute atomic E-state index is 14.4. The number of aliphatic hydroxyl groups excluding tert-OH is 2. The predicted molar refractivity (Wildman–Crippen MR) is 114 cm³/mol. The third kappa shape index (κ3) is 8.81.